The van der Waals surface area contributed by atoms with Crippen LogP contribution in [0.2, 0.25) is 0 Å². The fourth-order valence-electron chi connectivity index (χ4n) is 1.78. The molecule has 2 aromatic rings. The number of hydrogen-bond acceptors (Lipinski definition) is 3. The summed E-state index contributed by atoms with van der Waals surface area (Å²) in [5.74, 6) is 0. The van der Waals surface area contributed by atoms with Crippen LogP contribution in [0.4, 0.5) is 0 Å². The summed E-state index contributed by atoms with van der Waals surface area (Å²) in [6.45, 7) is 7.26. The summed E-state index contributed by atoms with van der Waals surface area (Å²) >= 11 is 0. The third kappa shape index (κ3) is 3.78. The van der Waals surface area contributed by atoms with Crippen LogP contribution in [0.3, 0.4) is 0 Å². The molecule has 0 amide bonds. The maximum Gasteiger partial charge on any atom is 0.169 e. The minimum Gasteiger partial charge on any atom is -0.481 e. The van der Waals surface area contributed by atoms with Crippen LogP contribution in [0.1, 0.15) is 20.8 Å². The van der Waals surface area contributed by atoms with Gasteiger partial charge in [0.05, 0.1) is 11.6 Å². The van der Waals surface area contributed by atoms with Crippen LogP contribution < -0.4 is 0 Å². The number of aromatic nitrogens is 1. The van der Waals surface area contributed by atoms with E-state index in [2.05, 4.69) is 42.9 Å². The monoisotopic (exact) mass is 256 g/mol. The molecule has 0 bridgehead atoms. The summed E-state index contributed by atoms with van der Waals surface area (Å²) in [6, 6.07) is 12.4. The van der Waals surface area contributed by atoms with Gasteiger partial charge in [-0.2, -0.15) is 0 Å². The number of para-hydroxylation sites is 1. The lowest BCUT2D eigenvalue weighted by Crippen LogP contribution is -2.25. The van der Waals surface area contributed by atoms with Gasteiger partial charge in [0.25, 0.3) is 0 Å². The summed E-state index contributed by atoms with van der Waals surface area (Å²) in [5, 5.41) is 1.20. The molecule has 19 heavy (non-hydrogen) atoms. The van der Waals surface area contributed by atoms with Crippen molar-refractivity contribution in [3.8, 4) is 0 Å². The Hall–Kier alpha value is -1.90. The zero-order valence-electron chi connectivity index (χ0n) is 11.7. The molecule has 0 N–H and O–H groups in total. The average Bonchev–Trinajstić information content (AvgIpc) is 2.93. The average molecular weight is 256 g/mol. The van der Waals surface area contributed by atoms with Crippen molar-refractivity contribution in [1.82, 2.24) is 4.98 Å². The van der Waals surface area contributed by atoms with E-state index in [1.54, 1.807) is 6.40 Å². The number of benzene rings is 1. The van der Waals surface area contributed by atoms with E-state index >= 15 is 0 Å². The summed E-state index contributed by atoms with van der Waals surface area (Å²) in [6.07, 6.45) is 3.36. The van der Waals surface area contributed by atoms with Gasteiger partial charge in [-0.25, -0.2) is 0 Å². The van der Waals surface area contributed by atoms with Crippen molar-refractivity contribution >= 4 is 17.3 Å². The lowest BCUT2D eigenvalue weighted by atomic mass is 9.88. The Bertz CT molecular complexity index is 492. The van der Waals surface area contributed by atoms with E-state index in [1.165, 1.54) is 5.39 Å². The smallest absolute Gasteiger partial charge is 0.169 e. The molecular weight excluding hydrogens is 236 g/mol. The Labute approximate surface area is 114 Å². The number of rotatable bonds is 0. The topological polar surface area (TPSA) is 34.5 Å². The van der Waals surface area contributed by atoms with Gasteiger partial charge in [-0.1, -0.05) is 45.0 Å². The molecule has 0 saturated heterocycles. The highest BCUT2D eigenvalue weighted by atomic mass is 16.5. The first-order valence-corrected chi connectivity index (χ1v) is 6.50. The van der Waals surface area contributed by atoms with Gasteiger partial charge in [-0.15, -0.1) is 0 Å². The van der Waals surface area contributed by atoms with E-state index < -0.39 is 0 Å². The SMILES string of the molecule is CC(C)(C)[C@H]1COC=N1.c1ccc2ncccc2c1. The number of pyridine rings is 1. The van der Waals surface area contributed by atoms with Gasteiger partial charge in [0, 0.05) is 11.6 Å². The Morgan fingerprint density at radius 1 is 1.11 bits per heavy atom. The zero-order chi connectivity index (χ0) is 13.7. The van der Waals surface area contributed by atoms with Crippen molar-refractivity contribution < 1.29 is 4.74 Å². The van der Waals surface area contributed by atoms with E-state index in [0.717, 1.165) is 12.1 Å². The molecule has 1 aliphatic heterocycles. The van der Waals surface area contributed by atoms with Crippen LogP contribution in [0.5, 0.6) is 0 Å². The Morgan fingerprint density at radius 2 is 1.84 bits per heavy atom. The highest BCUT2D eigenvalue weighted by Gasteiger charge is 2.26. The summed E-state index contributed by atoms with van der Waals surface area (Å²) in [7, 11) is 0. The van der Waals surface area contributed by atoms with Gasteiger partial charge < -0.3 is 4.74 Å². The quantitative estimate of drug-likeness (QED) is 0.720. The van der Waals surface area contributed by atoms with Crippen LogP contribution >= 0.6 is 0 Å². The summed E-state index contributed by atoms with van der Waals surface area (Å²) < 4.78 is 4.99. The van der Waals surface area contributed by atoms with Crippen molar-refractivity contribution in [3.05, 3.63) is 42.6 Å². The van der Waals surface area contributed by atoms with Crippen molar-refractivity contribution in [3.63, 3.8) is 0 Å². The van der Waals surface area contributed by atoms with E-state index in [9.17, 15) is 0 Å². The van der Waals surface area contributed by atoms with Crippen LogP contribution in [-0.4, -0.2) is 24.0 Å². The number of fused-ring (bicyclic) bond motifs is 1. The van der Waals surface area contributed by atoms with E-state index in [4.69, 9.17) is 4.74 Å². The van der Waals surface area contributed by atoms with Crippen LogP contribution in [0.15, 0.2) is 47.6 Å². The molecule has 0 fully saturated rings. The lowest BCUT2D eigenvalue weighted by Gasteiger charge is -2.22. The van der Waals surface area contributed by atoms with Gasteiger partial charge in [-0.3, -0.25) is 9.98 Å². The molecular formula is C16H20N2O. The molecule has 3 nitrogen and oxygen atoms in total. The molecule has 0 aliphatic carbocycles. The number of hydrogen-bond donors (Lipinski definition) is 0. The predicted octanol–water partition coefficient (Wildman–Crippen LogP) is 3.69. The Kier molecular flexibility index (Phi) is 4.15. The lowest BCUT2D eigenvalue weighted by molar-refractivity contribution is 0.239. The normalized spacial score (nSPS) is 17.7. The first-order chi connectivity index (χ1) is 9.07. The number of nitrogens with zero attached hydrogens (tertiary/aromatic N) is 2. The second-order valence-corrected chi connectivity index (χ2v) is 5.67. The second-order valence-electron chi connectivity index (χ2n) is 5.67. The highest BCUT2D eigenvalue weighted by Crippen LogP contribution is 2.23. The maximum absolute atomic E-state index is 4.99. The standard InChI is InChI=1S/C9H7N.C7H13NO/c1-2-6-9-8(4-1)5-3-7-10-9;1-7(2,3)6-4-9-5-8-6/h1-7H;5-6H,4H2,1-3H3/t;6-/m.1/s1. The zero-order valence-corrected chi connectivity index (χ0v) is 11.7. The minimum atomic E-state index is 0.257. The van der Waals surface area contributed by atoms with Crippen LogP contribution in [0.25, 0.3) is 10.9 Å². The molecule has 1 aromatic heterocycles. The highest BCUT2D eigenvalue weighted by molar-refractivity contribution is 5.77. The fourth-order valence-corrected chi connectivity index (χ4v) is 1.78. The Morgan fingerprint density at radius 3 is 2.42 bits per heavy atom. The molecule has 2 heterocycles. The molecule has 0 radical (unpaired) electrons. The van der Waals surface area contributed by atoms with Crippen molar-refractivity contribution in [2.24, 2.45) is 10.4 Å². The fraction of sp³-hybridized carbons (Fsp3) is 0.375. The van der Waals surface area contributed by atoms with Crippen molar-refractivity contribution in [2.45, 2.75) is 26.8 Å². The molecule has 1 aliphatic rings. The molecule has 0 saturated carbocycles. The minimum absolute atomic E-state index is 0.257. The van der Waals surface area contributed by atoms with E-state index in [0.29, 0.717) is 6.04 Å². The number of aliphatic imine (C=N–C) groups is 1. The van der Waals surface area contributed by atoms with Crippen LogP contribution in [0, 0.1) is 5.41 Å². The van der Waals surface area contributed by atoms with Gasteiger partial charge in [0.1, 0.15) is 6.61 Å². The first-order valence-electron chi connectivity index (χ1n) is 6.50. The second kappa shape index (κ2) is 5.83. The van der Waals surface area contributed by atoms with Gasteiger partial charge in [-0.05, 0) is 17.5 Å². The molecule has 1 aromatic carbocycles. The van der Waals surface area contributed by atoms with Gasteiger partial charge >= 0.3 is 0 Å². The third-order valence-electron chi connectivity index (χ3n) is 3.08. The van der Waals surface area contributed by atoms with Crippen molar-refractivity contribution in [1.29, 1.82) is 0 Å². The predicted molar refractivity (Wildman–Crippen MR) is 79.4 cm³/mol. The van der Waals surface area contributed by atoms with E-state index in [-0.39, 0.29) is 5.41 Å². The summed E-state index contributed by atoms with van der Waals surface area (Å²) in [4.78, 5) is 8.34. The maximum atomic E-state index is 4.99. The number of ether oxygens (including phenoxy) is 1. The molecule has 0 unspecified atom stereocenters. The molecule has 3 heteroatoms. The first kappa shape index (κ1) is 13.5. The van der Waals surface area contributed by atoms with Crippen LogP contribution in [-0.2, 0) is 4.74 Å². The molecule has 0 spiro atoms. The molecule has 1 atom stereocenters. The largest absolute Gasteiger partial charge is 0.481 e. The molecule has 3 rings (SSSR count). The summed E-state index contributed by atoms with van der Waals surface area (Å²) in [5.41, 5.74) is 1.32. The third-order valence-corrected chi connectivity index (χ3v) is 3.08. The molecule has 100 valence electrons. The van der Waals surface area contributed by atoms with Gasteiger partial charge in [0.2, 0.25) is 0 Å². The van der Waals surface area contributed by atoms with E-state index in [1.807, 2.05) is 30.5 Å². The van der Waals surface area contributed by atoms with Crippen molar-refractivity contribution in [2.75, 3.05) is 6.61 Å². The van der Waals surface area contributed by atoms with Gasteiger partial charge in [0.15, 0.2) is 6.40 Å². The Balaban J connectivity index is 0.000000141.